The molecule has 1 N–H and O–H groups in total. The first kappa shape index (κ1) is 27.2. The van der Waals surface area contributed by atoms with Gasteiger partial charge in [-0.05, 0) is 45.0 Å². The second-order valence-electron chi connectivity index (χ2n) is 10.2. The third-order valence-electron chi connectivity index (χ3n) is 7.56. The number of hydrogen-bond donors (Lipinski definition) is 1. The number of nitrogens with zero attached hydrogens (tertiary/aromatic N) is 6. The number of aryl methyl sites for hydroxylation is 1. The Kier molecular flexibility index (Phi) is 7.43. The third-order valence-corrected chi connectivity index (χ3v) is 7.56. The SMILES string of the molecule is Cc1nc(N[C@H](C)c2cccc(C(F)(F)F)c2C)c2cn(N3CCOCC3)c(=O)c(N3CCN(C)CC3)c2n1. The molecular formula is C27H34F3N7O2. The number of pyridine rings is 1. The number of nitrogens with one attached hydrogen (secondary N) is 1. The third kappa shape index (κ3) is 5.40. The van der Waals surface area contributed by atoms with Gasteiger partial charge in [0.1, 0.15) is 22.8 Å². The molecule has 0 unspecified atom stereocenters. The van der Waals surface area contributed by atoms with E-state index in [1.54, 1.807) is 23.9 Å². The van der Waals surface area contributed by atoms with Crippen LogP contribution in [-0.2, 0) is 10.9 Å². The summed E-state index contributed by atoms with van der Waals surface area (Å²) in [5.41, 5.74) is 0.940. The molecule has 210 valence electrons. The monoisotopic (exact) mass is 545 g/mol. The quantitative estimate of drug-likeness (QED) is 0.523. The summed E-state index contributed by atoms with van der Waals surface area (Å²) < 4.78 is 47.9. The number of benzene rings is 1. The highest BCUT2D eigenvalue weighted by molar-refractivity contribution is 5.97. The van der Waals surface area contributed by atoms with Crippen molar-refractivity contribution in [2.75, 3.05) is 74.8 Å². The van der Waals surface area contributed by atoms with Crippen LogP contribution in [-0.4, -0.2) is 79.1 Å². The van der Waals surface area contributed by atoms with Gasteiger partial charge in [0.15, 0.2) is 0 Å². The van der Waals surface area contributed by atoms with Crippen LogP contribution in [0.4, 0.5) is 24.7 Å². The maximum Gasteiger partial charge on any atom is 0.416 e. The van der Waals surface area contributed by atoms with Gasteiger partial charge in [-0.25, -0.2) is 14.6 Å². The number of morpholine rings is 1. The second kappa shape index (κ2) is 10.6. The lowest BCUT2D eigenvalue weighted by Gasteiger charge is -2.36. The summed E-state index contributed by atoms with van der Waals surface area (Å²) in [7, 11) is 2.05. The van der Waals surface area contributed by atoms with E-state index in [4.69, 9.17) is 9.72 Å². The molecule has 5 rings (SSSR count). The Labute approximate surface area is 225 Å². The number of piperazine rings is 1. The minimum Gasteiger partial charge on any atom is -0.378 e. The molecule has 3 aromatic rings. The van der Waals surface area contributed by atoms with Gasteiger partial charge in [0, 0.05) is 32.4 Å². The highest BCUT2D eigenvalue weighted by Gasteiger charge is 2.33. The summed E-state index contributed by atoms with van der Waals surface area (Å²) in [4.78, 5) is 27.6. The van der Waals surface area contributed by atoms with Crippen LogP contribution in [0.1, 0.15) is 35.5 Å². The number of fused-ring (bicyclic) bond motifs is 1. The van der Waals surface area contributed by atoms with Crippen LogP contribution in [0.25, 0.3) is 10.9 Å². The number of alkyl halides is 3. The molecule has 1 atom stereocenters. The summed E-state index contributed by atoms with van der Waals surface area (Å²) in [6.45, 7) is 10.2. The Morgan fingerprint density at radius 3 is 2.38 bits per heavy atom. The van der Waals surface area contributed by atoms with Crippen LogP contribution in [0.3, 0.4) is 0 Å². The van der Waals surface area contributed by atoms with Crippen molar-refractivity contribution in [1.82, 2.24) is 19.5 Å². The summed E-state index contributed by atoms with van der Waals surface area (Å²) in [5.74, 6) is 0.941. The molecule has 0 amide bonds. The Hall–Kier alpha value is -3.38. The number of ether oxygens (including phenoxy) is 1. The van der Waals surface area contributed by atoms with Crippen molar-refractivity contribution in [1.29, 1.82) is 0 Å². The number of rotatable bonds is 5. The Bertz CT molecular complexity index is 1410. The molecule has 4 heterocycles. The van der Waals surface area contributed by atoms with E-state index in [9.17, 15) is 18.0 Å². The van der Waals surface area contributed by atoms with Gasteiger partial charge in [-0.1, -0.05) is 12.1 Å². The van der Waals surface area contributed by atoms with Gasteiger partial charge in [0.2, 0.25) is 0 Å². The van der Waals surface area contributed by atoms with E-state index in [0.29, 0.717) is 73.2 Å². The fourth-order valence-corrected chi connectivity index (χ4v) is 5.39. The largest absolute Gasteiger partial charge is 0.416 e. The van der Waals surface area contributed by atoms with Crippen LogP contribution in [0, 0.1) is 13.8 Å². The Morgan fingerprint density at radius 1 is 1.03 bits per heavy atom. The average Bonchev–Trinajstić information content (AvgIpc) is 2.89. The lowest BCUT2D eigenvalue weighted by Crippen LogP contribution is -2.51. The van der Waals surface area contributed by atoms with Crippen LogP contribution < -0.4 is 20.8 Å². The molecule has 0 spiro atoms. The highest BCUT2D eigenvalue weighted by atomic mass is 19.4. The molecule has 0 saturated carbocycles. The van der Waals surface area contributed by atoms with E-state index < -0.39 is 17.8 Å². The Morgan fingerprint density at radius 2 is 1.72 bits per heavy atom. The zero-order valence-corrected chi connectivity index (χ0v) is 22.7. The zero-order valence-electron chi connectivity index (χ0n) is 22.7. The molecule has 2 aliphatic heterocycles. The maximum absolute atomic E-state index is 13.9. The first-order chi connectivity index (χ1) is 18.5. The van der Waals surface area contributed by atoms with Gasteiger partial charge in [-0.2, -0.15) is 13.2 Å². The predicted octanol–water partition coefficient (Wildman–Crippen LogP) is 3.32. The molecule has 1 aromatic carbocycles. The van der Waals surface area contributed by atoms with Gasteiger partial charge < -0.3 is 24.9 Å². The van der Waals surface area contributed by atoms with E-state index in [0.717, 1.165) is 19.2 Å². The average molecular weight is 546 g/mol. The number of halogens is 3. The molecule has 2 fully saturated rings. The van der Waals surface area contributed by atoms with E-state index >= 15 is 0 Å². The molecule has 0 bridgehead atoms. The standard InChI is InChI=1S/C27H34F3N7O2/c1-17-20(6-5-7-22(17)27(28,29)30)18(2)31-25-21-16-37(36-12-14-39-15-13-36)26(38)24(23(21)32-19(3)33-25)35-10-8-34(4)9-11-35/h5-7,16,18H,8-15H2,1-4H3,(H,31,32,33)/t18-/m1/s1. The summed E-state index contributed by atoms with van der Waals surface area (Å²) in [5, 5.41) is 5.93. The smallest absolute Gasteiger partial charge is 0.378 e. The minimum absolute atomic E-state index is 0.153. The predicted molar refractivity (Wildman–Crippen MR) is 145 cm³/mol. The maximum atomic E-state index is 13.9. The van der Waals surface area contributed by atoms with Crippen molar-refractivity contribution in [2.24, 2.45) is 0 Å². The van der Waals surface area contributed by atoms with Crippen LogP contribution in [0.2, 0.25) is 0 Å². The topological polar surface area (TPSA) is 78.8 Å². The lowest BCUT2D eigenvalue weighted by atomic mass is 9.97. The summed E-state index contributed by atoms with van der Waals surface area (Å²) in [6, 6.07) is 3.73. The van der Waals surface area contributed by atoms with Gasteiger partial charge in [0.25, 0.3) is 5.56 Å². The van der Waals surface area contributed by atoms with Crippen LogP contribution in [0.15, 0.2) is 29.2 Å². The van der Waals surface area contributed by atoms with Crippen molar-refractivity contribution in [2.45, 2.75) is 33.0 Å². The fourth-order valence-electron chi connectivity index (χ4n) is 5.39. The number of aromatic nitrogens is 3. The van der Waals surface area contributed by atoms with E-state index in [1.807, 2.05) is 11.9 Å². The molecular weight excluding hydrogens is 511 g/mol. The Balaban J connectivity index is 1.64. The fraction of sp³-hybridized carbons (Fsp3) is 0.519. The highest BCUT2D eigenvalue weighted by Crippen LogP contribution is 2.36. The van der Waals surface area contributed by atoms with Crippen molar-refractivity contribution >= 4 is 22.4 Å². The van der Waals surface area contributed by atoms with Gasteiger partial charge in [-0.3, -0.25) is 4.79 Å². The number of likely N-dealkylation sites (N-methyl/N-ethyl adjacent to an activating group) is 1. The summed E-state index contributed by atoms with van der Waals surface area (Å²) in [6.07, 6.45) is -2.69. The summed E-state index contributed by atoms with van der Waals surface area (Å²) >= 11 is 0. The molecule has 0 radical (unpaired) electrons. The van der Waals surface area contributed by atoms with Crippen molar-refractivity contribution in [3.05, 3.63) is 57.3 Å². The van der Waals surface area contributed by atoms with E-state index in [2.05, 4.69) is 27.1 Å². The first-order valence-electron chi connectivity index (χ1n) is 13.2. The van der Waals surface area contributed by atoms with E-state index in [1.165, 1.54) is 13.0 Å². The number of anilines is 2. The van der Waals surface area contributed by atoms with Crippen molar-refractivity contribution in [3.8, 4) is 0 Å². The van der Waals surface area contributed by atoms with E-state index in [-0.39, 0.29) is 11.1 Å². The van der Waals surface area contributed by atoms with Crippen molar-refractivity contribution in [3.63, 3.8) is 0 Å². The van der Waals surface area contributed by atoms with Gasteiger partial charge in [0.05, 0.1) is 43.3 Å². The lowest BCUT2D eigenvalue weighted by molar-refractivity contribution is -0.138. The number of hydrogen-bond acceptors (Lipinski definition) is 8. The first-order valence-corrected chi connectivity index (χ1v) is 13.2. The zero-order chi connectivity index (χ0) is 27.9. The molecule has 2 aromatic heterocycles. The molecule has 9 nitrogen and oxygen atoms in total. The molecule has 39 heavy (non-hydrogen) atoms. The van der Waals surface area contributed by atoms with Crippen molar-refractivity contribution < 1.29 is 17.9 Å². The second-order valence-corrected chi connectivity index (χ2v) is 10.2. The normalized spacial score (nSPS) is 18.0. The van der Waals surface area contributed by atoms with Gasteiger partial charge in [-0.15, -0.1) is 0 Å². The minimum atomic E-state index is -4.44. The van der Waals surface area contributed by atoms with Crippen LogP contribution >= 0.6 is 0 Å². The molecule has 0 aliphatic carbocycles. The molecule has 12 heteroatoms. The molecule has 2 aliphatic rings. The molecule has 2 saturated heterocycles. The van der Waals surface area contributed by atoms with Gasteiger partial charge >= 0.3 is 6.18 Å². The van der Waals surface area contributed by atoms with Crippen LogP contribution in [0.5, 0.6) is 0 Å².